The molecule has 4 N–H and O–H groups in total. The van der Waals surface area contributed by atoms with Crippen LogP contribution < -0.4 is 10.5 Å². The standard InChI is InChI=1S/C20H20N2O5/c1-27-15-11-13(7-8-14(15)23)17-16(18(24)12-5-3-2-4-6-12)19(25)20(26)22(17)10-9-21/h2-8,11,17,23-24H,9-10,21H2,1H3/t17-/m0/s1. The zero-order chi connectivity index (χ0) is 19.6. The van der Waals surface area contributed by atoms with Crippen LogP contribution in [0.15, 0.2) is 54.1 Å². The minimum atomic E-state index is -0.830. The number of phenols is 1. The van der Waals surface area contributed by atoms with Crippen molar-refractivity contribution in [2.75, 3.05) is 20.2 Å². The normalized spacial score (nSPS) is 18.7. The molecule has 1 heterocycles. The molecule has 0 radical (unpaired) electrons. The fraction of sp³-hybridized carbons (Fsp3) is 0.200. The maximum atomic E-state index is 12.7. The van der Waals surface area contributed by atoms with Crippen LogP contribution in [0.5, 0.6) is 11.5 Å². The minimum Gasteiger partial charge on any atom is -0.507 e. The fourth-order valence-electron chi connectivity index (χ4n) is 3.21. The Hall–Kier alpha value is -3.32. The van der Waals surface area contributed by atoms with E-state index in [1.54, 1.807) is 36.4 Å². The van der Waals surface area contributed by atoms with Gasteiger partial charge in [0.2, 0.25) is 0 Å². The molecular weight excluding hydrogens is 348 g/mol. The van der Waals surface area contributed by atoms with Gasteiger partial charge < -0.3 is 25.6 Å². The van der Waals surface area contributed by atoms with Crippen LogP contribution in [0.2, 0.25) is 0 Å². The first-order valence-electron chi connectivity index (χ1n) is 8.40. The Kier molecular flexibility index (Phi) is 5.14. The average molecular weight is 368 g/mol. The molecule has 0 aliphatic carbocycles. The van der Waals surface area contributed by atoms with E-state index in [2.05, 4.69) is 0 Å². The van der Waals surface area contributed by atoms with E-state index in [1.807, 2.05) is 0 Å². The number of aromatic hydroxyl groups is 1. The number of ether oxygens (including phenoxy) is 1. The number of carbonyl (C=O) groups excluding carboxylic acids is 2. The highest BCUT2D eigenvalue weighted by Crippen LogP contribution is 2.41. The molecular formula is C20H20N2O5. The van der Waals surface area contributed by atoms with E-state index < -0.39 is 17.7 Å². The minimum absolute atomic E-state index is 0.0209. The van der Waals surface area contributed by atoms with Gasteiger partial charge in [0, 0.05) is 18.7 Å². The third-order valence-corrected chi connectivity index (χ3v) is 4.48. The molecule has 1 aliphatic rings. The Balaban J connectivity index is 2.21. The van der Waals surface area contributed by atoms with Crippen LogP contribution in [0.3, 0.4) is 0 Å². The fourth-order valence-corrected chi connectivity index (χ4v) is 3.21. The van der Waals surface area contributed by atoms with E-state index in [0.717, 1.165) is 0 Å². The number of nitrogens with zero attached hydrogens (tertiary/aromatic N) is 1. The number of benzene rings is 2. The molecule has 2 aromatic rings. The number of methoxy groups -OCH3 is 1. The third-order valence-electron chi connectivity index (χ3n) is 4.48. The van der Waals surface area contributed by atoms with E-state index in [-0.39, 0.29) is 35.9 Å². The van der Waals surface area contributed by atoms with E-state index in [1.165, 1.54) is 24.1 Å². The Bertz CT molecular complexity index is 908. The zero-order valence-corrected chi connectivity index (χ0v) is 14.8. The first-order chi connectivity index (χ1) is 13.0. The number of hydrogen-bond acceptors (Lipinski definition) is 6. The molecule has 0 unspecified atom stereocenters. The summed E-state index contributed by atoms with van der Waals surface area (Å²) in [5.74, 6) is -1.63. The van der Waals surface area contributed by atoms with Gasteiger partial charge in [-0.25, -0.2) is 0 Å². The molecule has 1 fully saturated rings. The van der Waals surface area contributed by atoms with Crippen LogP contribution in [0, 0.1) is 0 Å². The van der Waals surface area contributed by atoms with Crippen molar-refractivity contribution in [3.63, 3.8) is 0 Å². The molecule has 27 heavy (non-hydrogen) atoms. The predicted octanol–water partition coefficient (Wildman–Crippen LogP) is 1.78. The maximum absolute atomic E-state index is 12.7. The number of aliphatic hydroxyl groups excluding tert-OH is 1. The highest BCUT2D eigenvalue weighted by Gasteiger charge is 2.45. The Morgan fingerprint density at radius 2 is 1.89 bits per heavy atom. The number of Topliss-reactive ketones (excluding diaryl/α,β-unsaturated/α-hetero) is 1. The second-order valence-electron chi connectivity index (χ2n) is 6.08. The van der Waals surface area contributed by atoms with E-state index in [4.69, 9.17) is 10.5 Å². The first-order valence-corrected chi connectivity index (χ1v) is 8.40. The van der Waals surface area contributed by atoms with Crippen LogP contribution in [-0.4, -0.2) is 47.0 Å². The van der Waals surface area contributed by atoms with E-state index >= 15 is 0 Å². The van der Waals surface area contributed by atoms with Crippen LogP contribution in [0.25, 0.3) is 5.76 Å². The molecule has 7 heteroatoms. The number of aliphatic hydroxyl groups is 1. The van der Waals surface area contributed by atoms with Crippen LogP contribution in [-0.2, 0) is 9.59 Å². The topological polar surface area (TPSA) is 113 Å². The smallest absolute Gasteiger partial charge is 0.295 e. The summed E-state index contributed by atoms with van der Waals surface area (Å²) < 4.78 is 5.13. The average Bonchev–Trinajstić information content (AvgIpc) is 2.94. The monoisotopic (exact) mass is 368 g/mol. The van der Waals surface area contributed by atoms with Gasteiger partial charge in [0.25, 0.3) is 11.7 Å². The van der Waals surface area contributed by atoms with Crippen LogP contribution in [0.4, 0.5) is 0 Å². The maximum Gasteiger partial charge on any atom is 0.295 e. The lowest BCUT2D eigenvalue weighted by atomic mass is 9.95. The highest BCUT2D eigenvalue weighted by atomic mass is 16.5. The van der Waals surface area contributed by atoms with Crippen LogP contribution in [0.1, 0.15) is 17.2 Å². The largest absolute Gasteiger partial charge is 0.507 e. The van der Waals surface area contributed by atoms with Gasteiger partial charge in [0.15, 0.2) is 11.5 Å². The molecule has 1 saturated heterocycles. The molecule has 0 spiro atoms. The van der Waals surface area contributed by atoms with Gasteiger partial charge in [-0.15, -0.1) is 0 Å². The summed E-state index contributed by atoms with van der Waals surface area (Å²) in [6, 6.07) is 12.2. The Labute approximate surface area is 156 Å². The Morgan fingerprint density at radius 3 is 2.52 bits per heavy atom. The number of phenolic OH excluding ortho intramolecular Hbond substituents is 1. The quantitative estimate of drug-likeness (QED) is 0.421. The van der Waals surface area contributed by atoms with Crippen molar-refractivity contribution in [1.82, 2.24) is 4.90 Å². The summed E-state index contributed by atoms with van der Waals surface area (Å²) in [6.07, 6.45) is 0. The molecule has 7 nitrogen and oxygen atoms in total. The summed E-state index contributed by atoms with van der Waals surface area (Å²) in [5.41, 5.74) is 6.55. The second-order valence-corrected chi connectivity index (χ2v) is 6.08. The molecule has 0 aromatic heterocycles. The number of rotatable bonds is 5. The van der Waals surface area contributed by atoms with Crippen molar-refractivity contribution < 1.29 is 24.5 Å². The Morgan fingerprint density at radius 1 is 1.19 bits per heavy atom. The third kappa shape index (κ3) is 3.24. The molecule has 1 aliphatic heterocycles. The van der Waals surface area contributed by atoms with Crippen molar-refractivity contribution in [2.24, 2.45) is 5.73 Å². The van der Waals surface area contributed by atoms with Gasteiger partial charge in [-0.05, 0) is 17.7 Å². The number of nitrogens with two attached hydrogens (primary N) is 1. The first kappa shape index (κ1) is 18.5. The van der Waals surface area contributed by atoms with Crippen molar-refractivity contribution >= 4 is 17.4 Å². The van der Waals surface area contributed by atoms with E-state index in [0.29, 0.717) is 11.1 Å². The molecule has 0 bridgehead atoms. The lowest BCUT2D eigenvalue weighted by Gasteiger charge is -2.25. The summed E-state index contributed by atoms with van der Waals surface area (Å²) in [5, 5.41) is 20.6. The SMILES string of the molecule is COc1cc([C@H]2C(=C(O)c3ccccc3)C(=O)C(=O)N2CCN)ccc1O. The molecule has 140 valence electrons. The van der Waals surface area contributed by atoms with Crippen LogP contribution >= 0.6 is 0 Å². The second kappa shape index (κ2) is 7.51. The van der Waals surface area contributed by atoms with Gasteiger partial charge in [-0.1, -0.05) is 36.4 Å². The number of ketones is 1. The van der Waals surface area contributed by atoms with Gasteiger partial charge in [-0.3, -0.25) is 9.59 Å². The van der Waals surface area contributed by atoms with Crippen molar-refractivity contribution in [1.29, 1.82) is 0 Å². The zero-order valence-electron chi connectivity index (χ0n) is 14.8. The van der Waals surface area contributed by atoms with Crippen molar-refractivity contribution in [2.45, 2.75) is 6.04 Å². The van der Waals surface area contributed by atoms with Gasteiger partial charge in [0.05, 0.1) is 18.7 Å². The summed E-state index contributed by atoms with van der Waals surface area (Å²) in [4.78, 5) is 26.5. The molecule has 2 aromatic carbocycles. The van der Waals surface area contributed by atoms with Gasteiger partial charge in [-0.2, -0.15) is 0 Å². The summed E-state index contributed by atoms with van der Waals surface area (Å²) in [7, 11) is 1.40. The molecule has 1 atom stereocenters. The lowest BCUT2D eigenvalue weighted by Crippen LogP contribution is -2.34. The highest BCUT2D eigenvalue weighted by molar-refractivity contribution is 6.46. The number of amides is 1. The molecule has 1 amide bonds. The van der Waals surface area contributed by atoms with Crippen molar-refractivity contribution in [3.05, 3.63) is 65.2 Å². The number of hydrogen-bond donors (Lipinski definition) is 3. The predicted molar refractivity (Wildman–Crippen MR) is 99.2 cm³/mol. The van der Waals surface area contributed by atoms with E-state index in [9.17, 15) is 19.8 Å². The number of carbonyl (C=O) groups is 2. The molecule has 0 saturated carbocycles. The summed E-state index contributed by atoms with van der Waals surface area (Å²) in [6.45, 7) is 0.300. The lowest BCUT2D eigenvalue weighted by molar-refractivity contribution is -0.139. The van der Waals surface area contributed by atoms with Crippen molar-refractivity contribution in [3.8, 4) is 11.5 Å². The molecule has 3 rings (SSSR count). The van der Waals surface area contributed by atoms with Gasteiger partial charge >= 0.3 is 0 Å². The number of likely N-dealkylation sites (tertiary alicyclic amines) is 1. The van der Waals surface area contributed by atoms with Gasteiger partial charge in [0.1, 0.15) is 5.76 Å². The summed E-state index contributed by atoms with van der Waals surface area (Å²) >= 11 is 0.